The number of amides is 1. The first kappa shape index (κ1) is 15.0. The molecule has 2 rings (SSSR count). The van der Waals surface area contributed by atoms with E-state index < -0.39 is 0 Å². The molecule has 1 N–H and O–H groups in total. The Morgan fingerprint density at radius 1 is 1.48 bits per heavy atom. The maximum Gasteiger partial charge on any atom is 0.292 e. The second-order valence-electron chi connectivity index (χ2n) is 4.76. The lowest BCUT2D eigenvalue weighted by molar-refractivity contribution is 0.0950. The van der Waals surface area contributed by atoms with E-state index in [2.05, 4.69) is 37.2 Å². The molecule has 1 amide bonds. The summed E-state index contributed by atoms with van der Waals surface area (Å²) in [6.45, 7) is 2.54. The molecule has 2 aromatic rings. The normalized spacial score (nSPS) is 12.4. The van der Waals surface area contributed by atoms with Crippen molar-refractivity contribution >= 4 is 5.91 Å². The fraction of sp³-hybridized carbons (Fsp3) is 0.462. The fourth-order valence-corrected chi connectivity index (χ4v) is 1.79. The molecule has 21 heavy (non-hydrogen) atoms. The van der Waals surface area contributed by atoms with Crippen molar-refractivity contribution in [1.82, 2.24) is 30.3 Å². The van der Waals surface area contributed by atoms with Crippen molar-refractivity contribution in [2.45, 2.75) is 25.9 Å². The van der Waals surface area contributed by atoms with E-state index in [0.29, 0.717) is 12.4 Å². The molecule has 1 unspecified atom stereocenters. The summed E-state index contributed by atoms with van der Waals surface area (Å²) >= 11 is 0. The van der Waals surface area contributed by atoms with Crippen LogP contribution in [0.2, 0.25) is 0 Å². The van der Waals surface area contributed by atoms with Crippen molar-refractivity contribution in [3.8, 4) is 0 Å². The number of rotatable bonds is 6. The van der Waals surface area contributed by atoms with Gasteiger partial charge in [-0.15, -0.1) is 0 Å². The van der Waals surface area contributed by atoms with E-state index in [4.69, 9.17) is 4.52 Å². The molecule has 8 heteroatoms. The molecule has 2 aromatic heterocycles. The lowest BCUT2D eigenvalue weighted by Gasteiger charge is -2.22. The van der Waals surface area contributed by atoms with Crippen LogP contribution in [0.4, 0.5) is 0 Å². The first-order valence-corrected chi connectivity index (χ1v) is 6.60. The third kappa shape index (κ3) is 4.06. The van der Waals surface area contributed by atoms with Gasteiger partial charge in [-0.1, -0.05) is 5.16 Å². The van der Waals surface area contributed by atoms with Crippen LogP contribution < -0.4 is 5.32 Å². The Labute approximate surface area is 122 Å². The van der Waals surface area contributed by atoms with Crippen molar-refractivity contribution in [2.75, 3.05) is 14.1 Å². The highest BCUT2D eigenvalue weighted by Gasteiger charge is 2.17. The van der Waals surface area contributed by atoms with Gasteiger partial charge in [0, 0.05) is 38.1 Å². The van der Waals surface area contributed by atoms with Crippen LogP contribution >= 0.6 is 0 Å². The van der Waals surface area contributed by atoms with Gasteiger partial charge in [0.15, 0.2) is 0 Å². The highest BCUT2D eigenvalue weighted by Crippen LogP contribution is 2.08. The number of nitrogens with one attached hydrogen (secondary N) is 1. The quantitative estimate of drug-likeness (QED) is 0.816. The molecule has 0 saturated heterocycles. The first-order valence-electron chi connectivity index (χ1n) is 6.60. The van der Waals surface area contributed by atoms with Crippen LogP contribution in [-0.2, 0) is 13.0 Å². The van der Waals surface area contributed by atoms with Crippen LogP contribution in [-0.4, -0.2) is 51.1 Å². The van der Waals surface area contributed by atoms with Crippen molar-refractivity contribution in [1.29, 1.82) is 0 Å². The molecule has 0 aromatic carbocycles. The van der Waals surface area contributed by atoms with Crippen LogP contribution in [0.5, 0.6) is 0 Å². The SMILES string of the molecule is CNC(=O)c1noc(CN(C)C(C)Cc2cnccn2)n1. The van der Waals surface area contributed by atoms with E-state index in [1.54, 1.807) is 18.6 Å². The van der Waals surface area contributed by atoms with E-state index in [0.717, 1.165) is 12.1 Å². The van der Waals surface area contributed by atoms with Crippen LogP contribution in [0.3, 0.4) is 0 Å². The second-order valence-corrected chi connectivity index (χ2v) is 4.76. The average Bonchev–Trinajstić information content (AvgIpc) is 2.96. The summed E-state index contributed by atoms with van der Waals surface area (Å²) in [5.74, 6) is 0.0878. The van der Waals surface area contributed by atoms with Gasteiger partial charge in [0.1, 0.15) is 0 Å². The van der Waals surface area contributed by atoms with Gasteiger partial charge in [0.25, 0.3) is 11.7 Å². The zero-order valence-electron chi connectivity index (χ0n) is 12.3. The molecule has 1 atom stereocenters. The molecular weight excluding hydrogens is 272 g/mol. The van der Waals surface area contributed by atoms with Crippen molar-refractivity contribution in [2.24, 2.45) is 0 Å². The van der Waals surface area contributed by atoms with Gasteiger partial charge in [-0.25, -0.2) is 0 Å². The molecular formula is C13H18N6O2. The summed E-state index contributed by atoms with van der Waals surface area (Å²) in [5, 5.41) is 6.09. The van der Waals surface area contributed by atoms with E-state index in [1.165, 1.54) is 7.05 Å². The summed E-state index contributed by atoms with van der Waals surface area (Å²) in [6, 6.07) is 0.219. The maximum atomic E-state index is 11.4. The molecule has 0 aliphatic heterocycles. The largest absolute Gasteiger partial charge is 0.352 e. The van der Waals surface area contributed by atoms with Gasteiger partial charge in [-0.3, -0.25) is 19.7 Å². The number of likely N-dealkylation sites (N-methyl/N-ethyl adjacent to an activating group) is 1. The summed E-state index contributed by atoms with van der Waals surface area (Å²) < 4.78 is 5.07. The molecule has 2 heterocycles. The summed E-state index contributed by atoms with van der Waals surface area (Å²) in [5.41, 5.74) is 0.924. The topological polar surface area (TPSA) is 97.0 Å². The first-order chi connectivity index (χ1) is 10.1. The minimum atomic E-state index is -0.361. The zero-order chi connectivity index (χ0) is 15.2. The monoisotopic (exact) mass is 290 g/mol. The van der Waals surface area contributed by atoms with E-state index in [-0.39, 0.29) is 17.8 Å². The minimum absolute atomic E-state index is 0.0440. The smallest absolute Gasteiger partial charge is 0.292 e. The molecule has 0 fully saturated rings. The Kier molecular flexibility index (Phi) is 4.94. The molecule has 0 aliphatic rings. The number of aromatic nitrogens is 4. The van der Waals surface area contributed by atoms with Crippen LogP contribution in [0.15, 0.2) is 23.1 Å². The maximum absolute atomic E-state index is 11.4. The molecule has 0 saturated carbocycles. The zero-order valence-corrected chi connectivity index (χ0v) is 12.3. The predicted molar refractivity (Wildman–Crippen MR) is 74.4 cm³/mol. The number of hydrogen-bond acceptors (Lipinski definition) is 7. The minimum Gasteiger partial charge on any atom is -0.352 e. The Morgan fingerprint density at radius 2 is 2.29 bits per heavy atom. The number of hydrogen-bond donors (Lipinski definition) is 1. The molecule has 0 bridgehead atoms. The average molecular weight is 290 g/mol. The van der Waals surface area contributed by atoms with E-state index in [1.807, 2.05) is 7.05 Å². The standard InChI is InChI=1S/C13H18N6O2/c1-9(6-10-7-15-4-5-16-10)19(3)8-11-17-12(18-21-11)13(20)14-2/h4-5,7,9H,6,8H2,1-3H3,(H,14,20). The van der Waals surface area contributed by atoms with Crippen molar-refractivity contribution in [3.05, 3.63) is 36.0 Å². The Hall–Kier alpha value is -2.35. The van der Waals surface area contributed by atoms with E-state index in [9.17, 15) is 4.79 Å². The number of carbonyl (C=O) groups excluding carboxylic acids is 1. The fourth-order valence-electron chi connectivity index (χ4n) is 1.79. The van der Waals surface area contributed by atoms with E-state index >= 15 is 0 Å². The van der Waals surface area contributed by atoms with Gasteiger partial charge >= 0.3 is 0 Å². The Bertz CT molecular complexity index is 585. The lowest BCUT2D eigenvalue weighted by Crippen LogP contribution is -2.31. The summed E-state index contributed by atoms with van der Waals surface area (Å²) in [7, 11) is 3.47. The summed E-state index contributed by atoms with van der Waals surface area (Å²) in [6.07, 6.45) is 5.84. The number of carbonyl (C=O) groups is 1. The lowest BCUT2D eigenvalue weighted by atomic mass is 10.1. The Morgan fingerprint density at radius 3 is 2.95 bits per heavy atom. The second kappa shape index (κ2) is 6.89. The van der Waals surface area contributed by atoms with Crippen LogP contribution in [0, 0.1) is 0 Å². The van der Waals surface area contributed by atoms with Crippen molar-refractivity contribution < 1.29 is 9.32 Å². The van der Waals surface area contributed by atoms with Crippen LogP contribution in [0.1, 0.15) is 29.1 Å². The van der Waals surface area contributed by atoms with Crippen LogP contribution in [0.25, 0.3) is 0 Å². The van der Waals surface area contributed by atoms with Gasteiger partial charge in [-0.2, -0.15) is 4.98 Å². The Balaban J connectivity index is 1.92. The molecule has 8 nitrogen and oxygen atoms in total. The number of nitrogens with zero attached hydrogens (tertiary/aromatic N) is 5. The third-order valence-electron chi connectivity index (χ3n) is 3.16. The van der Waals surface area contributed by atoms with Crippen molar-refractivity contribution in [3.63, 3.8) is 0 Å². The van der Waals surface area contributed by atoms with Gasteiger partial charge in [0.2, 0.25) is 5.89 Å². The highest BCUT2D eigenvalue weighted by molar-refractivity contribution is 5.89. The van der Waals surface area contributed by atoms with Gasteiger partial charge < -0.3 is 9.84 Å². The third-order valence-corrected chi connectivity index (χ3v) is 3.16. The van der Waals surface area contributed by atoms with Gasteiger partial charge in [0.05, 0.1) is 12.2 Å². The molecule has 112 valence electrons. The van der Waals surface area contributed by atoms with Gasteiger partial charge in [-0.05, 0) is 14.0 Å². The molecule has 0 radical (unpaired) electrons. The highest BCUT2D eigenvalue weighted by atomic mass is 16.5. The molecule has 0 aliphatic carbocycles. The predicted octanol–water partition coefficient (Wildman–Crippen LogP) is 0.282. The molecule has 0 spiro atoms. The summed E-state index contributed by atoms with van der Waals surface area (Å²) in [4.78, 5) is 25.8.